The third-order valence-corrected chi connectivity index (χ3v) is 6.76. The number of ether oxygens (including phenoxy) is 3. The Hall–Kier alpha value is -2.17. The Morgan fingerprint density at radius 3 is 2.22 bits per heavy atom. The van der Waals surface area contributed by atoms with Crippen molar-refractivity contribution in [2.75, 3.05) is 53.1 Å². The van der Waals surface area contributed by atoms with Gasteiger partial charge in [0.15, 0.2) is 6.61 Å². The van der Waals surface area contributed by atoms with Crippen molar-refractivity contribution in [2.24, 2.45) is 11.8 Å². The van der Waals surface area contributed by atoms with Gasteiger partial charge in [-0.1, -0.05) is 27.7 Å². The normalized spacial score (nSPS) is 15.1. The molecule has 0 spiro atoms. The highest BCUT2D eigenvalue weighted by molar-refractivity contribution is 7.89. The van der Waals surface area contributed by atoms with E-state index in [0.29, 0.717) is 26.3 Å². The number of benzene rings is 1. The molecule has 1 aromatic rings. The Kier molecular flexibility index (Phi) is 9.47. The molecule has 2 rings (SSSR count). The second kappa shape index (κ2) is 11.6. The lowest BCUT2D eigenvalue weighted by atomic mass is 10.1. The van der Waals surface area contributed by atoms with Crippen LogP contribution in [0.2, 0.25) is 0 Å². The van der Waals surface area contributed by atoms with Gasteiger partial charge in [-0.25, -0.2) is 13.2 Å². The number of morpholine rings is 1. The standard InChI is InChI=1S/C22H34N2O7S/c1-16(2)13-23(14-17(3)4)21(25)15-31-22(26)18-6-7-19(29-5)20(12-18)32(27,28)24-8-10-30-11-9-24/h6-7,12,16-17H,8-11,13-15H2,1-5H3. The third kappa shape index (κ3) is 6.91. The number of hydrogen-bond acceptors (Lipinski definition) is 7. The molecule has 180 valence electrons. The van der Waals surface area contributed by atoms with E-state index in [1.165, 1.54) is 29.6 Å². The number of hydrogen-bond donors (Lipinski definition) is 0. The molecule has 9 nitrogen and oxygen atoms in total. The van der Waals surface area contributed by atoms with Crippen molar-refractivity contribution < 1.29 is 32.2 Å². The fourth-order valence-electron chi connectivity index (χ4n) is 3.39. The zero-order chi connectivity index (χ0) is 23.9. The lowest BCUT2D eigenvalue weighted by Crippen LogP contribution is -2.40. The average Bonchev–Trinajstić information content (AvgIpc) is 2.76. The summed E-state index contributed by atoms with van der Waals surface area (Å²) >= 11 is 0. The number of methoxy groups -OCH3 is 1. The summed E-state index contributed by atoms with van der Waals surface area (Å²) in [5, 5.41) is 0. The number of amides is 1. The van der Waals surface area contributed by atoms with Crippen molar-refractivity contribution in [2.45, 2.75) is 32.6 Å². The molecule has 32 heavy (non-hydrogen) atoms. The minimum absolute atomic E-state index is 0.0321. The molecule has 1 aliphatic heterocycles. The van der Waals surface area contributed by atoms with E-state index >= 15 is 0 Å². The molecule has 0 saturated carbocycles. The molecule has 0 bridgehead atoms. The Morgan fingerprint density at radius 1 is 1.09 bits per heavy atom. The predicted octanol–water partition coefficient (Wildman–Crippen LogP) is 2.01. The lowest BCUT2D eigenvalue weighted by molar-refractivity contribution is -0.135. The topological polar surface area (TPSA) is 102 Å². The third-order valence-electron chi connectivity index (χ3n) is 4.84. The molecule has 1 heterocycles. The van der Waals surface area contributed by atoms with E-state index in [-0.39, 0.29) is 47.0 Å². The summed E-state index contributed by atoms with van der Waals surface area (Å²) in [5.74, 6) is -0.362. The average molecular weight is 471 g/mol. The maximum atomic E-state index is 13.1. The van der Waals surface area contributed by atoms with Gasteiger partial charge in [-0.2, -0.15) is 4.31 Å². The fourth-order valence-corrected chi connectivity index (χ4v) is 4.98. The van der Waals surface area contributed by atoms with Gasteiger partial charge in [0.05, 0.1) is 25.9 Å². The molecule has 10 heteroatoms. The van der Waals surface area contributed by atoms with Gasteiger partial charge in [0.1, 0.15) is 10.6 Å². The summed E-state index contributed by atoms with van der Waals surface area (Å²) < 4.78 is 43.1. The van der Waals surface area contributed by atoms with Gasteiger partial charge in [0, 0.05) is 26.2 Å². The Morgan fingerprint density at radius 2 is 1.69 bits per heavy atom. The van der Waals surface area contributed by atoms with Crippen LogP contribution in [0.25, 0.3) is 0 Å². The molecule has 1 amide bonds. The molecule has 0 atom stereocenters. The molecule has 0 unspecified atom stereocenters. The van der Waals surface area contributed by atoms with Crippen molar-refractivity contribution in [3.05, 3.63) is 23.8 Å². The molecule has 0 N–H and O–H groups in total. The van der Waals surface area contributed by atoms with Crippen LogP contribution in [0.1, 0.15) is 38.1 Å². The molecule has 1 saturated heterocycles. The van der Waals surface area contributed by atoms with Gasteiger partial charge in [0.25, 0.3) is 5.91 Å². The molecule has 1 aromatic carbocycles. The van der Waals surface area contributed by atoms with E-state index < -0.39 is 22.6 Å². The summed E-state index contributed by atoms with van der Waals surface area (Å²) in [6.07, 6.45) is 0. The fraction of sp³-hybridized carbons (Fsp3) is 0.636. The quantitative estimate of drug-likeness (QED) is 0.482. The van der Waals surface area contributed by atoms with Crippen LogP contribution in [0.3, 0.4) is 0 Å². The summed E-state index contributed by atoms with van der Waals surface area (Å²) in [6.45, 7) is 9.82. The maximum absolute atomic E-state index is 13.1. The maximum Gasteiger partial charge on any atom is 0.338 e. The first kappa shape index (κ1) is 26.1. The Bertz CT molecular complexity index is 884. The second-order valence-electron chi connectivity index (χ2n) is 8.54. The van der Waals surface area contributed by atoms with Crippen molar-refractivity contribution in [3.8, 4) is 5.75 Å². The first-order valence-corrected chi connectivity index (χ1v) is 12.2. The van der Waals surface area contributed by atoms with E-state index in [4.69, 9.17) is 14.2 Å². The number of esters is 1. The van der Waals surface area contributed by atoms with Crippen molar-refractivity contribution in [3.63, 3.8) is 0 Å². The lowest BCUT2D eigenvalue weighted by Gasteiger charge is -2.27. The Balaban J connectivity index is 2.16. The number of carbonyl (C=O) groups excluding carboxylic acids is 2. The summed E-state index contributed by atoms with van der Waals surface area (Å²) in [7, 11) is -2.52. The van der Waals surface area contributed by atoms with E-state index in [9.17, 15) is 18.0 Å². The molecular formula is C22H34N2O7S. The van der Waals surface area contributed by atoms with Gasteiger partial charge < -0.3 is 19.1 Å². The first-order chi connectivity index (χ1) is 15.1. The van der Waals surface area contributed by atoms with Gasteiger partial charge >= 0.3 is 5.97 Å². The van der Waals surface area contributed by atoms with Crippen molar-refractivity contribution >= 4 is 21.9 Å². The summed E-state index contributed by atoms with van der Waals surface area (Å²) in [6, 6.07) is 4.07. The molecule has 0 aromatic heterocycles. The van der Waals surface area contributed by atoms with Crippen LogP contribution in [0.15, 0.2) is 23.1 Å². The van der Waals surface area contributed by atoms with E-state index in [1.807, 2.05) is 27.7 Å². The summed E-state index contributed by atoms with van der Waals surface area (Å²) in [4.78, 5) is 26.8. The largest absolute Gasteiger partial charge is 0.495 e. The number of sulfonamides is 1. The number of carbonyl (C=O) groups is 2. The highest BCUT2D eigenvalue weighted by Crippen LogP contribution is 2.28. The van der Waals surface area contributed by atoms with Crippen LogP contribution >= 0.6 is 0 Å². The van der Waals surface area contributed by atoms with Gasteiger partial charge in [-0.3, -0.25) is 4.79 Å². The van der Waals surface area contributed by atoms with Gasteiger partial charge in [-0.15, -0.1) is 0 Å². The molecule has 1 fully saturated rings. The monoisotopic (exact) mass is 470 g/mol. The van der Waals surface area contributed by atoms with Crippen molar-refractivity contribution in [1.82, 2.24) is 9.21 Å². The van der Waals surface area contributed by atoms with E-state index in [0.717, 1.165) is 0 Å². The molecule has 0 radical (unpaired) electrons. The molecule has 0 aliphatic carbocycles. The second-order valence-corrected chi connectivity index (χ2v) is 10.5. The van der Waals surface area contributed by atoms with Crippen LogP contribution in [0.4, 0.5) is 0 Å². The number of rotatable bonds is 10. The first-order valence-electron chi connectivity index (χ1n) is 10.8. The smallest absolute Gasteiger partial charge is 0.338 e. The van der Waals surface area contributed by atoms with Crippen LogP contribution in [-0.4, -0.2) is 82.6 Å². The van der Waals surface area contributed by atoms with Crippen LogP contribution < -0.4 is 4.74 Å². The summed E-state index contributed by atoms with van der Waals surface area (Å²) in [5.41, 5.74) is 0.0321. The van der Waals surface area contributed by atoms with Crippen LogP contribution in [0.5, 0.6) is 5.75 Å². The van der Waals surface area contributed by atoms with Crippen LogP contribution in [-0.2, 0) is 24.3 Å². The van der Waals surface area contributed by atoms with Crippen molar-refractivity contribution in [1.29, 1.82) is 0 Å². The highest BCUT2D eigenvalue weighted by Gasteiger charge is 2.30. The minimum atomic E-state index is -3.89. The number of nitrogens with zero attached hydrogens (tertiary/aromatic N) is 2. The van der Waals surface area contributed by atoms with Gasteiger partial charge in [-0.05, 0) is 30.0 Å². The Labute approximate surface area is 190 Å². The molecule has 1 aliphatic rings. The highest BCUT2D eigenvalue weighted by atomic mass is 32.2. The predicted molar refractivity (Wildman–Crippen MR) is 119 cm³/mol. The van der Waals surface area contributed by atoms with E-state index in [1.54, 1.807) is 4.90 Å². The van der Waals surface area contributed by atoms with E-state index in [2.05, 4.69) is 0 Å². The zero-order valence-corrected chi connectivity index (χ0v) is 20.3. The minimum Gasteiger partial charge on any atom is -0.495 e. The van der Waals surface area contributed by atoms with Crippen LogP contribution in [0, 0.1) is 11.8 Å². The molecular weight excluding hydrogens is 436 g/mol. The zero-order valence-electron chi connectivity index (χ0n) is 19.5. The SMILES string of the molecule is COc1ccc(C(=O)OCC(=O)N(CC(C)C)CC(C)C)cc1S(=O)(=O)N1CCOCC1. The van der Waals surface area contributed by atoms with Gasteiger partial charge in [0.2, 0.25) is 10.0 Å².